The van der Waals surface area contributed by atoms with E-state index >= 15 is 0 Å². The molecule has 4 heteroatoms. The number of rotatable bonds is 3. The lowest BCUT2D eigenvalue weighted by Crippen LogP contribution is -2.10. The lowest BCUT2D eigenvalue weighted by Gasteiger charge is -2.18. The van der Waals surface area contributed by atoms with Gasteiger partial charge in [-0.05, 0) is 40.8 Å². The van der Waals surface area contributed by atoms with Gasteiger partial charge in [0.2, 0.25) is 5.91 Å². The van der Waals surface area contributed by atoms with Crippen LogP contribution in [0.25, 0.3) is 17.1 Å². The molecule has 0 atom stereocenters. The molecule has 126 valence electrons. The number of hydrogen-bond donors (Lipinski definition) is 1. The van der Waals surface area contributed by atoms with Crippen LogP contribution in [0.2, 0.25) is 0 Å². The first-order valence-corrected chi connectivity index (χ1v) is 8.22. The van der Waals surface area contributed by atoms with Crippen molar-refractivity contribution < 1.29 is 4.79 Å². The van der Waals surface area contributed by atoms with Crippen LogP contribution in [0.1, 0.15) is 31.9 Å². The Kier molecular flexibility index (Phi) is 4.61. The number of aromatic nitrogens is 2. The smallest absolute Gasteiger partial charge is 0.248 e. The summed E-state index contributed by atoms with van der Waals surface area (Å²) >= 11 is 0. The van der Waals surface area contributed by atoms with Crippen molar-refractivity contribution in [3.63, 3.8) is 0 Å². The standard InChI is InChI=1S/C21H21N3O/c1-21(2,3)16-7-4-15(5-8-16)6-11-20(25)24-17-9-10-18-19(14-17)23-13-12-22-18/h4-14H,1-3H3,(H,24,25)/b11-6+. The van der Waals surface area contributed by atoms with Gasteiger partial charge in [-0.15, -0.1) is 0 Å². The maximum Gasteiger partial charge on any atom is 0.248 e. The fraction of sp³-hybridized carbons (Fsp3) is 0.190. The molecule has 1 N–H and O–H groups in total. The highest BCUT2D eigenvalue weighted by atomic mass is 16.1. The zero-order valence-electron chi connectivity index (χ0n) is 14.7. The van der Waals surface area contributed by atoms with Crippen molar-refractivity contribution in [1.29, 1.82) is 0 Å². The lowest BCUT2D eigenvalue weighted by molar-refractivity contribution is -0.111. The van der Waals surface area contributed by atoms with E-state index in [0.717, 1.165) is 16.6 Å². The second kappa shape index (κ2) is 6.85. The quantitative estimate of drug-likeness (QED) is 0.715. The van der Waals surface area contributed by atoms with E-state index in [4.69, 9.17) is 0 Å². The van der Waals surface area contributed by atoms with Crippen LogP contribution in [-0.2, 0) is 10.2 Å². The fourth-order valence-corrected chi connectivity index (χ4v) is 2.49. The van der Waals surface area contributed by atoms with E-state index < -0.39 is 0 Å². The van der Waals surface area contributed by atoms with Crippen molar-refractivity contribution in [1.82, 2.24) is 9.97 Å². The van der Waals surface area contributed by atoms with E-state index in [-0.39, 0.29) is 11.3 Å². The van der Waals surface area contributed by atoms with Gasteiger partial charge in [0.15, 0.2) is 0 Å². The molecule has 0 fully saturated rings. The van der Waals surface area contributed by atoms with Crippen LogP contribution in [-0.4, -0.2) is 15.9 Å². The highest BCUT2D eigenvalue weighted by Gasteiger charge is 2.12. The number of nitrogens with one attached hydrogen (secondary N) is 1. The predicted molar refractivity (Wildman–Crippen MR) is 102 cm³/mol. The Hall–Kier alpha value is -3.01. The fourth-order valence-electron chi connectivity index (χ4n) is 2.49. The summed E-state index contributed by atoms with van der Waals surface area (Å²) in [5.74, 6) is -0.178. The monoisotopic (exact) mass is 331 g/mol. The van der Waals surface area contributed by atoms with Crippen molar-refractivity contribution in [3.05, 3.63) is 72.1 Å². The average molecular weight is 331 g/mol. The van der Waals surface area contributed by atoms with Gasteiger partial charge in [0.25, 0.3) is 0 Å². The number of anilines is 1. The van der Waals surface area contributed by atoms with E-state index in [0.29, 0.717) is 5.69 Å². The Morgan fingerprint density at radius 3 is 2.32 bits per heavy atom. The van der Waals surface area contributed by atoms with Crippen molar-refractivity contribution in [2.24, 2.45) is 0 Å². The SMILES string of the molecule is CC(C)(C)c1ccc(/C=C/C(=O)Nc2ccc3nccnc3c2)cc1. The summed E-state index contributed by atoms with van der Waals surface area (Å²) in [6.07, 6.45) is 6.62. The van der Waals surface area contributed by atoms with Crippen LogP contribution < -0.4 is 5.32 Å². The van der Waals surface area contributed by atoms with Crippen molar-refractivity contribution >= 4 is 28.7 Å². The summed E-state index contributed by atoms with van der Waals surface area (Å²) in [6.45, 7) is 6.54. The average Bonchev–Trinajstić information content (AvgIpc) is 2.59. The van der Waals surface area contributed by atoms with Gasteiger partial charge in [-0.3, -0.25) is 14.8 Å². The predicted octanol–water partition coefficient (Wildman–Crippen LogP) is 4.58. The number of hydrogen-bond acceptors (Lipinski definition) is 3. The zero-order valence-corrected chi connectivity index (χ0v) is 14.7. The molecule has 0 bridgehead atoms. The molecule has 1 aromatic heterocycles. The van der Waals surface area contributed by atoms with E-state index in [1.54, 1.807) is 12.4 Å². The summed E-state index contributed by atoms with van der Waals surface area (Å²) in [5, 5.41) is 2.85. The van der Waals surface area contributed by atoms with Crippen LogP contribution in [0, 0.1) is 0 Å². The van der Waals surface area contributed by atoms with Crippen molar-refractivity contribution in [2.75, 3.05) is 5.32 Å². The molecule has 25 heavy (non-hydrogen) atoms. The molecule has 0 unspecified atom stereocenters. The molecule has 0 saturated carbocycles. The molecular formula is C21H21N3O. The van der Waals surface area contributed by atoms with Crippen molar-refractivity contribution in [2.45, 2.75) is 26.2 Å². The van der Waals surface area contributed by atoms with Crippen LogP contribution in [0.3, 0.4) is 0 Å². The zero-order chi connectivity index (χ0) is 17.9. The Morgan fingerprint density at radius 1 is 0.960 bits per heavy atom. The van der Waals surface area contributed by atoms with Gasteiger partial charge in [-0.25, -0.2) is 0 Å². The number of fused-ring (bicyclic) bond motifs is 1. The Balaban J connectivity index is 1.67. The summed E-state index contributed by atoms with van der Waals surface area (Å²) < 4.78 is 0. The molecule has 1 amide bonds. The van der Waals surface area contributed by atoms with Gasteiger partial charge in [0.1, 0.15) is 0 Å². The molecule has 2 aromatic carbocycles. The number of benzene rings is 2. The second-order valence-electron chi connectivity index (χ2n) is 6.95. The number of carbonyl (C=O) groups is 1. The maximum atomic E-state index is 12.1. The number of amides is 1. The van der Waals surface area contributed by atoms with E-state index in [9.17, 15) is 4.79 Å². The third-order valence-electron chi connectivity index (χ3n) is 3.94. The van der Waals surface area contributed by atoms with E-state index in [1.165, 1.54) is 11.6 Å². The third-order valence-corrected chi connectivity index (χ3v) is 3.94. The Morgan fingerprint density at radius 2 is 1.64 bits per heavy atom. The third kappa shape index (κ3) is 4.29. The molecule has 3 rings (SSSR count). The molecule has 0 aliphatic heterocycles. The molecular weight excluding hydrogens is 310 g/mol. The maximum absolute atomic E-state index is 12.1. The summed E-state index contributed by atoms with van der Waals surface area (Å²) in [7, 11) is 0. The summed E-state index contributed by atoms with van der Waals surface area (Å²) in [6, 6.07) is 13.7. The highest BCUT2D eigenvalue weighted by molar-refractivity contribution is 6.02. The second-order valence-corrected chi connectivity index (χ2v) is 6.95. The topological polar surface area (TPSA) is 54.9 Å². The summed E-state index contributed by atoms with van der Waals surface area (Å²) in [5.41, 5.74) is 4.64. The van der Waals surface area contributed by atoms with Crippen LogP contribution in [0.5, 0.6) is 0 Å². The normalized spacial score (nSPS) is 11.8. The number of nitrogens with zero attached hydrogens (tertiary/aromatic N) is 2. The molecule has 0 aliphatic carbocycles. The largest absolute Gasteiger partial charge is 0.322 e. The Labute approximate surface area is 147 Å². The van der Waals surface area contributed by atoms with Crippen molar-refractivity contribution in [3.8, 4) is 0 Å². The minimum Gasteiger partial charge on any atom is -0.322 e. The van der Waals surface area contributed by atoms with Crippen LogP contribution in [0.15, 0.2) is 60.9 Å². The van der Waals surface area contributed by atoms with Gasteiger partial charge < -0.3 is 5.32 Å². The van der Waals surface area contributed by atoms with Crippen LogP contribution >= 0.6 is 0 Å². The van der Waals surface area contributed by atoms with E-state index in [1.807, 2.05) is 36.4 Å². The van der Waals surface area contributed by atoms with Gasteiger partial charge in [0, 0.05) is 24.2 Å². The van der Waals surface area contributed by atoms with Crippen LogP contribution in [0.4, 0.5) is 5.69 Å². The number of carbonyl (C=O) groups excluding carboxylic acids is 1. The molecule has 0 aliphatic rings. The van der Waals surface area contributed by atoms with Gasteiger partial charge >= 0.3 is 0 Å². The first-order chi connectivity index (χ1) is 11.9. The summed E-state index contributed by atoms with van der Waals surface area (Å²) in [4.78, 5) is 20.6. The minimum atomic E-state index is -0.178. The minimum absolute atomic E-state index is 0.124. The molecule has 3 aromatic rings. The lowest BCUT2D eigenvalue weighted by atomic mass is 9.87. The molecule has 0 radical (unpaired) electrons. The van der Waals surface area contributed by atoms with E-state index in [2.05, 4.69) is 48.2 Å². The molecule has 0 saturated heterocycles. The van der Waals surface area contributed by atoms with Gasteiger partial charge in [-0.1, -0.05) is 45.0 Å². The highest BCUT2D eigenvalue weighted by Crippen LogP contribution is 2.22. The van der Waals surface area contributed by atoms with Gasteiger partial charge in [-0.2, -0.15) is 0 Å². The molecule has 0 spiro atoms. The molecule has 4 nitrogen and oxygen atoms in total. The first kappa shape index (κ1) is 16.8. The Bertz CT molecular complexity index is 922. The first-order valence-electron chi connectivity index (χ1n) is 8.22. The molecule has 1 heterocycles. The van der Waals surface area contributed by atoms with Gasteiger partial charge in [0.05, 0.1) is 11.0 Å².